The van der Waals surface area contributed by atoms with E-state index in [0.29, 0.717) is 0 Å². The van der Waals surface area contributed by atoms with E-state index in [1.807, 2.05) is 0 Å². The molecule has 0 bridgehead atoms. The number of hydrogen-bond acceptors (Lipinski definition) is 2. The topological polar surface area (TPSA) is 6.48 Å². The summed E-state index contributed by atoms with van der Waals surface area (Å²) in [6.45, 7) is 9.58. The SMILES string of the molecule is CCCCN1CC(N(C)CC)C1. The van der Waals surface area contributed by atoms with E-state index in [-0.39, 0.29) is 0 Å². The van der Waals surface area contributed by atoms with Crippen LogP contribution in [-0.2, 0) is 0 Å². The van der Waals surface area contributed by atoms with Gasteiger partial charge in [-0.05, 0) is 26.6 Å². The second kappa shape index (κ2) is 4.83. The Kier molecular flexibility index (Phi) is 4.02. The molecule has 1 fully saturated rings. The molecular weight excluding hydrogens is 148 g/mol. The molecule has 1 saturated heterocycles. The Balaban J connectivity index is 2.03. The lowest BCUT2D eigenvalue weighted by atomic mass is 10.1. The van der Waals surface area contributed by atoms with Crippen LogP contribution < -0.4 is 0 Å². The lowest BCUT2D eigenvalue weighted by molar-refractivity contribution is 0.0515. The summed E-state index contributed by atoms with van der Waals surface area (Å²) >= 11 is 0. The monoisotopic (exact) mass is 170 g/mol. The van der Waals surface area contributed by atoms with Crippen LogP contribution in [0.5, 0.6) is 0 Å². The first-order valence-electron chi connectivity index (χ1n) is 5.20. The van der Waals surface area contributed by atoms with Crippen molar-refractivity contribution in [3.05, 3.63) is 0 Å². The Morgan fingerprint density at radius 3 is 2.50 bits per heavy atom. The van der Waals surface area contributed by atoms with Crippen molar-refractivity contribution >= 4 is 0 Å². The molecule has 0 aliphatic carbocycles. The Hall–Kier alpha value is -0.0800. The molecule has 1 rings (SSSR count). The van der Waals surface area contributed by atoms with E-state index in [0.717, 1.165) is 6.04 Å². The minimum atomic E-state index is 0.840. The maximum absolute atomic E-state index is 2.56. The van der Waals surface area contributed by atoms with Crippen molar-refractivity contribution in [3.8, 4) is 0 Å². The number of rotatable bonds is 5. The highest BCUT2D eigenvalue weighted by Gasteiger charge is 2.27. The lowest BCUT2D eigenvalue weighted by Gasteiger charge is -2.43. The van der Waals surface area contributed by atoms with Gasteiger partial charge < -0.3 is 9.80 Å². The highest BCUT2D eigenvalue weighted by atomic mass is 15.3. The molecule has 0 radical (unpaired) electrons. The van der Waals surface area contributed by atoms with Crippen LogP contribution in [0.15, 0.2) is 0 Å². The van der Waals surface area contributed by atoms with Crippen molar-refractivity contribution in [2.75, 3.05) is 33.2 Å². The quantitative estimate of drug-likeness (QED) is 0.616. The molecule has 0 aromatic rings. The highest BCUT2D eigenvalue weighted by Crippen LogP contribution is 2.13. The molecule has 2 heteroatoms. The van der Waals surface area contributed by atoms with Gasteiger partial charge in [0.05, 0.1) is 0 Å². The molecule has 1 aliphatic rings. The van der Waals surface area contributed by atoms with E-state index in [1.165, 1.54) is 39.0 Å². The van der Waals surface area contributed by atoms with Crippen LogP contribution in [-0.4, -0.2) is 49.1 Å². The van der Waals surface area contributed by atoms with Crippen LogP contribution in [0.3, 0.4) is 0 Å². The summed E-state index contributed by atoms with van der Waals surface area (Å²) in [5, 5.41) is 0. The second-order valence-corrected chi connectivity index (χ2v) is 3.84. The molecule has 0 amide bonds. The first-order valence-corrected chi connectivity index (χ1v) is 5.20. The fourth-order valence-corrected chi connectivity index (χ4v) is 1.64. The van der Waals surface area contributed by atoms with Crippen molar-refractivity contribution in [2.45, 2.75) is 32.7 Å². The van der Waals surface area contributed by atoms with Crippen molar-refractivity contribution in [2.24, 2.45) is 0 Å². The van der Waals surface area contributed by atoms with Gasteiger partial charge in [-0.3, -0.25) is 0 Å². The Bertz CT molecular complexity index is 119. The molecule has 0 saturated carbocycles. The largest absolute Gasteiger partial charge is 0.301 e. The van der Waals surface area contributed by atoms with Gasteiger partial charge in [0, 0.05) is 19.1 Å². The summed E-state index contributed by atoms with van der Waals surface area (Å²) < 4.78 is 0. The molecule has 0 aromatic carbocycles. The zero-order chi connectivity index (χ0) is 8.97. The van der Waals surface area contributed by atoms with Gasteiger partial charge in [-0.2, -0.15) is 0 Å². The summed E-state index contributed by atoms with van der Waals surface area (Å²) in [5.74, 6) is 0. The molecule has 2 nitrogen and oxygen atoms in total. The molecule has 0 spiro atoms. The third-order valence-electron chi connectivity index (χ3n) is 2.89. The van der Waals surface area contributed by atoms with Gasteiger partial charge >= 0.3 is 0 Å². The lowest BCUT2D eigenvalue weighted by Crippen LogP contribution is -2.58. The van der Waals surface area contributed by atoms with Crippen molar-refractivity contribution in [1.82, 2.24) is 9.80 Å². The van der Waals surface area contributed by atoms with E-state index < -0.39 is 0 Å². The first kappa shape index (κ1) is 10.0. The second-order valence-electron chi connectivity index (χ2n) is 3.84. The Morgan fingerprint density at radius 2 is 2.00 bits per heavy atom. The van der Waals surface area contributed by atoms with Crippen LogP contribution in [0.2, 0.25) is 0 Å². The average Bonchev–Trinajstić information content (AvgIpc) is 2.01. The van der Waals surface area contributed by atoms with E-state index in [2.05, 4.69) is 30.7 Å². The van der Waals surface area contributed by atoms with Gasteiger partial charge in [-0.25, -0.2) is 0 Å². The molecule has 72 valence electrons. The van der Waals surface area contributed by atoms with Gasteiger partial charge in [0.2, 0.25) is 0 Å². The predicted octanol–water partition coefficient (Wildman–Crippen LogP) is 1.42. The molecule has 1 heterocycles. The fraction of sp³-hybridized carbons (Fsp3) is 1.00. The molecule has 0 aromatic heterocycles. The minimum Gasteiger partial charge on any atom is -0.301 e. The number of likely N-dealkylation sites (N-methyl/N-ethyl adjacent to an activating group) is 1. The van der Waals surface area contributed by atoms with Gasteiger partial charge in [-0.1, -0.05) is 20.3 Å². The van der Waals surface area contributed by atoms with Gasteiger partial charge in [0.25, 0.3) is 0 Å². The summed E-state index contributed by atoms with van der Waals surface area (Å²) in [4.78, 5) is 5.00. The summed E-state index contributed by atoms with van der Waals surface area (Å²) in [6, 6.07) is 0.840. The zero-order valence-electron chi connectivity index (χ0n) is 8.71. The summed E-state index contributed by atoms with van der Waals surface area (Å²) in [6.07, 6.45) is 2.69. The fourth-order valence-electron chi connectivity index (χ4n) is 1.64. The third-order valence-corrected chi connectivity index (χ3v) is 2.89. The van der Waals surface area contributed by atoms with E-state index in [4.69, 9.17) is 0 Å². The maximum atomic E-state index is 2.56. The van der Waals surface area contributed by atoms with Crippen LogP contribution in [0.25, 0.3) is 0 Å². The third kappa shape index (κ3) is 2.46. The molecule has 0 N–H and O–H groups in total. The van der Waals surface area contributed by atoms with Gasteiger partial charge in [-0.15, -0.1) is 0 Å². The minimum absolute atomic E-state index is 0.840. The van der Waals surface area contributed by atoms with E-state index >= 15 is 0 Å². The van der Waals surface area contributed by atoms with Crippen LogP contribution in [0, 0.1) is 0 Å². The summed E-state index contributed by atoms with van der Waals surface area (Å²) in [5.41, 5.74) is 0. The van der Waals surface area contributed by atoms with Crippen LogP contribution in [0.4, 0.5) is 0 Å². The molecule has 12 heavy (non-hydrogen) atoms. The highest BCUT2D eigenvalue weighted by molar-refractivity contribution is 4.85. The number of nitrogens with zero attached hydrogens (tertiary/aromatic N) is 2. The Morgan fingerprint density at radius 1 is 1.33 bits per heavy atom. The number of hydrogen-bond donors (Lipinski definition) is 0. The molecule has 0 atom stereocenters. The van der Waals surface area contributed by atoms with Crippen LogP contribution >= 0.6 is 0 Å². The van der Waals surface area contributed by atoms with Gasteiger partial charge in [0.15, 0.2) is 0 Å². The average molecular weight is 170 g/mol. The van der Waals surface area contributed by atoms with Crippen molar-refractivity contribution in [1.29, 1.82) is 0 Å². The first-order chi connectivity index (χ1) is 5.77. The van der Waals surface area contributed by atoms with Crippen LogP contribution in [0.1, 0.15) is 26.7 Å². The molecule has 0 unspecified atom stereocenters. The van der Waals surface area contributed by atoms with Gasteiger partial charge in [0.1, 0.15) is 0 Å². The maximum Gasteiger partial charge on any atom is 0.0347 e. The normalized spacial score (nSPS) is 20.0. The molecular formula is C10H22N2. The smallest absolute Gasteiger partial charge is 0.0347 e. The summed E-state index contributed by atoms with van der Waals surface area (Å²) in [7, 11) is 2.22. The molecule has 1 aliphatic heterocycles. The van der Waals surface area contributed by atoms with Crippen molar-refractivity contribution in [3.63, 3.8) is 0 Å². The number of likely N-dealkylation sites (tertiary alicyclic amines) is 1. The van der Waals surface area contributed by atoms with E-state index in [1.54, 1.807) is 0 Å². The number of unbranched alkanes of at least 4 members (excludes halogenated alkanes) is 1. The van der Waals surface area contributed by atoms with Crippen molar-refractivity contribution < 1.29 is 0 Å². The predicted molar refractivity (Wildman–Crippen MR) is 53.4 cm³/mol. The Labute approximate surface area is 76.5 Å². The van der Waals surface area contributed by atoms with E-state index in [9.17, 15) is 0 Å². The zero-order valence-corrected chi connectivity index (χ0v) is 8.71. The standard InChI is InChI=1S/C10H22N2/c1-4-6-7-12-8-10(9-12)11(3)5-2/h10H,4-9H2,1-3H3.